The number of nitrogens with one attached hydrogen (secondary N) is 1. The summed E-state index contributed by atoms with van der Waals surface area (Å²) in [6.07, 6.45) is 0.453. The van der Waals surface area contributed by atoms with Gasteiger partial charge < -0.3 is 15.0 Å². The lowest BCUT2D eigenvalue weighted by Crippen LogP contribution is -2.41. The maximum Gasteiger partial charge on any atom is 0.227 e. The predicted molar refractivity (Wildman–Crippen MR) is 110 cm³/mol. The topological polar surface area (TPSA) is 41.6 Å². The van der Waals surface area contributed by atoms with E-state index < -0.39 is 0 Å². The third-order valence-corrected chi connectivity index (χ3v) is 4.99. The van der Waals surface area contributed by atoms with Crippen LogP contribution in [0.1, 0.15) is 37.5 Å². The fourth-order valence-corrected chi connectivity index (χ4v) is 3.17. The molecule has 0 aliphatic carbocycles. The first-order chi connectivity index (χ1) is 12.9. The zero-order valence-corrected chi connectivity index (χ0v) is 16.6. The Balaban J connectivity index is 1.51. The second-order valence-corrected chi connectivity index (χ2v) is 8.17. The molecule has 1 N–H and O–H groups in total. The van der Waals surface area contributed by atoms with E-state index >= 15 is 0 Å². The summed E-state index contributed by atoms with van der Waals surface area (Å²) in [5, 5.41) is 3.45. The van der Waals surface area contributed by atoms with E-state index in [1.807, 2.05) is 29.2 Å². The molecule has 0 atom stereocenters. The van der Waals surface area contributed by atoms with Gasteiger partial charge >= 0.3 is 0 Å². The number of hydrogen-bond acceptors (Lipinski definition) is 3. The summed E-state index contributed by atoms with van der Waals surface area (Å²) in [5.74, 6) is 0.179. The van der Waals surface area contributed by atoms with Crippen LogP contribution in [-0.4, -0.2) is 37.1 Å². The zero-order chi connectivity index (χ0) is 19.3. The molecule has 0 bridgehead atoms. The highest BCUT2D eigenvalue weighted by Gasteiger charge is 2.17. The van der Waals surface area contributed by atoms with Crippen molar-refractivity contribution in [3.8, 4) is 0 Å². The largest absolute Gasteiger partial charge is 0.381 e. The SMILES string of the molecule is CC(C)(C)c1ccc(CNc2ccc(CC(=O)N3CCOCC3)cc2)cc1. The minimum atomic E-state index is 0.179. The van der Waals surface area contributed by atoms with E-state index in [9.17, 15) is 4.79 Å². The van der Waals surface area contributed by atoms with Crippen LogP contribution in [0, 0.1) is 0 Å². The quantitative estimate of drug-likeness (QED) is 0.870. The summed E-state index contributed by atoms with van der Waals surface area (Å²) in [6, 6.07) is 16.9. The van der Waals surface area contributed by atoms with E-state index in [0.717, 1.165) is 17.8 Å². The number of amides is 1. The number of nitrogens with zero attached hydrogens (tertiary/aromatic N) is 1. The molecule has 2 aromatic rings. The molecule has 27 heavy (non-hydrogen) atoms. The molecule has 4 nitrogen and oxygen atoms in total. The molecule has 0 aromatic heterocycles. The Kier molecular flexibility index (Phi) is 6.17. The maximum atomic E-state index is 12.3. The molecule has 2 aromatic carbocycles. The van der Waals surface area contributed by atoms with Gasteiger partial charge in [-0.1, -0.05) is 57.2 Å². The average molecular weight is 367 g/mol. The lowest BCUT2D eigenvalue weighted by molar-refractivity contribution is -0.134. The Morgan fingerprint density at radius 2 is 1.56 bits per heavy atom. The van der Waals surface area contributed by atoms with Gasteiger partial charge in [0.2, 0.25) is 5.91 Å². The van der Waals surface area contributed by atoms with Crippen LogP contribution in [0.5, 0.6) is 0 Å². The highest BCUT2D eigenvalue weighted by Crippen LogP contribution is 2.22. The molecular weight excluding hydrogens is 336 g/mol. The first-order valence-corrected chi connectivity index (χ1v) is 9.69. The molecule has 1 saturated heterocycles. The molecular formula is C23H30N2O2. The minimum Gasteiger partial charge on any atom is -0.381 e. The molecule has 1 aliphatic heterocycles. The van der Waals surface area contributed by atoms with Crippen molar-refractivity contribution in [3.05, 3.63) is 65.2 Å². The Morgan fingerprint density at radius 1 is 0.963 bits per heavy atom. The smallest absolute Gasteiger partial charge is 0.227 e. The summed E-state index contributed by atoms with van der Waals surface area (Å²) < 4.78 is 5.30. The first kappa shape index (κ1) is 19.4. The minimum absolute atomic E-state index is 0.179. The van der Waals surface area contributed by atoms with E-state index in [1.54, 1.807) is 0 Å². The highest BCUT2D eigenvalue weighted by atomic mass is 16.5. The number of anilines is 1. The van der Waals surface area contributed by atoms with Crippen LogP contribution in [0.4, 0.5) is 5.69 Å². The van der Waals surface area contributed by atoms with Gasteiger partial charge in [0, 0.05) is 25.3 Å². The number of rotatable bonds is 5. The summed E-state index contributed by atoms with van der Waals surface area (Å²) >= 11 is 0. The third-order valence-electron chi connectivity index (χ3n) is 4.99. The van der Waals surface area contributed by atoms with Gasteiger partial charge in [-0.15, -0.1) is 0 Å². The van der Waals surface area contributed by atoms with Crippen LogP contribution in [0.3, 0.4) is 0 Å². The van der Waals surface area contributed by atoms with Crippen molar-refractivity contribution in [1.29, 1.82) is 0 Å². The van der Waals surface area contributed by atoms with Crippen molar-refractivity contribution in [2.24, 2.45) is 0 Å². The van der Waals surface area contributed by atoms with Gasteiger partial charge in [-0.2, -0.15) is 0 Å². The molecule has 0 unspecified atom stereocenters. The van der Waals surface area contributed by atoms with Gasteiger partial charge in [0.15, 0.2) is 0 Å². The summed E-state index contributed by atoms with van der Waals surface area (Å²) in [5.41, 5.74) is 4.90. The number of benzene rings is 2. The van der Waals surface area contributed by atoms with Crippen LogP contribution in [0.2, 0.25) is 0 Å². The normalized spacial score (nSPS) is 14.9. The van der Waals surface area contributed by atoms with Gasteiger partial charge in [0.25, 0.3) is 0 Å². The number of hydrogen-bond donors (Lipinski definition) is 1. The van der Waals surface area contributed by atoms with Crippen molar-refractivity contribution in [2.45, 2.75) is 39.2 Å². The summed E-state index contributed by atoms with van der Waals surface area (Å²) in [6.45, 7) is 10.2. The predicted octanol–water partition coefficient (Wildman–Crippen LogP) is 4.00. The molecule has 0 saturated carbocycles. The van der Waals surface area contributed by atoms with Gasteiger partial charge in [-0.25, -0.2) is 0 Å². The molecule has 3 rings (SSSR count). The van der Waals surface area contributed by atoms with Crippen molar-refractivity contribution in [1.82, 2.24) is 4.90 Å². The molecule has 1 fully saturated rings. The Morgan fingerprint density at radius 3 is 2.15 bits per heavy atom. The van der Waals surface area contributed by atoms with Gasteiger partial charge in [-0.05, 0) is 34.2 Å². The Labute approximate surface area is 162 Å². The molecule has 0 spiro atoms. The van der Waals surface area contributed by atoms with Gasteiger partial charge in [-0.3, -0.25) is 4.79 Å². The lowest BCUT2D eigenvalue weighted by atomic mass is 9.87. The van der Waals surface area contributed by atoms with Crippen molar-refractivity contribution in [2.75, 3.05) is 31.6 Å². The van der Waals surface area contributed by atoms with E-state index in [2.05, 4.69) is 50.4 Å². The fourth-order valence-electron chi connectivity index (χ4n) is 3.17. The van der Waals surface area contributed by atoms with E-state index in [1.165, 1.54) is 11.1 Å². The van der Waals surface area contributed by atoms with E-state index in [4.69, 9.17) is 4.74 Å². The highest BCUT2D eigenvalue weighted by molar-refractivity contribution is 5.79. The van der Waals surface area contributed by atoms with E-state index in [0.29, 0.717) is 32.7 Å². The van der Waals surface area contributed by atoms with Crippen molar-refractivity contribution >= 4 is 11.6 Å². The molecule has 1 amide bonds. The number of carbonyl (C=O) groups excluding carboxylic acids is 1. The molecule has 144 valence electrons. The molecule has 1 aliphatic rings. The van der Waals surface area contributed by atoms with Crippen LogP contribution in [0.25, 0.3) is 0 Å². The second-order valence-electron chi connectivity index (χ2n) is 8.17. The van der Waals surface area contributed by atoms with Crippen LogP contribution >= 0.6 is 0 Å². The number of morpholine rings is 1. The van der Waals surface area contributed by atoms with Gasteiger partial charge in [0.1, 0.15) is 0 Å². The lowest BCUT2D eigenvalue weighted by Gasteiger charge is -2.26. The molecule has 0 radical (unpaired) electrons. The zero-order valence-electron chi connectivity index (χ0n) is 16.6. The van der Waals surface area contributed by atoms with Crippen LogP contribution in [0.15, 0.2) is 48.5 Å². The Bertz CT molecular complexity index is 739. The number of ether oxygens (including phenoxy) is 1. The van der Waals surface area contributed by atoms with E-state index in [-0.39, 0.29) is 11.3 Å². The second kappa shape index (κ2) is 8.57. The first-order valence-electron chi connectivity index (χ1n) is 9.69. The number of carbonyl (C=O) groups is 1. The monoisotopic (exact) mass is 366 g/mol. The average Bonchev–Trinajstić information content (AvgIpc) is 2.68. The standard InChI is InChI=1S/C23H30N2O2/c1-23(2,3)20-8-4-19(5-9-20)17-24-21-10-6-18(7-11-21)16-22(26)25-12-14-27-15-13-25/h4-11,24H,12-17H2,1-3H3. The third kappa shape index (κ3) is 5.57. The molecule has 1 heterocycles. The van der Waals surface area contributed by atoms with Crippen LogP contribution < -0.4 is 5.32 Å². The van der Waals surface area contributed by atoms with Crippen LogP contribution in [-0.2, 0) is 27.9 Å². The summed E-state index contributed by atoms with van der Waals surface area (Å²) in [7, 11) is 0. The fraction of sp³-hybridized carbons (Fsp3) is 0.435. The van der Waals surface area contributed by atoms with Crippen molar-refractivity contribution < 1.29 is 9.53 Å². The van der Waals surface area contributed by atoms with Gasteiger partial charge in [0.05, 0.1) is 19.6 Å². The summed E-state index contributed by atoms with van der Waals surface area (Å²) in [4.78, 5) is 14.2. The Hall–Kier alpha value is -2.33. The van der Waals surface area contributed by atoms with Crippen molar-refractivity contribution in [3.63, 3.8) is 0 Å². The molecule has 4 heteroatoms. The maximum absolute atomic E-state index is 12.3.